The summed E-state index contributed by atoms with van der Waals surface area (Å²) < 4.78 is 0. The van der Waals surface area contributed by atoms with E-state index in [2.05, 4.69) is 15.6 Å². The zero-order valence-electron chi connectivity index (χ0n) is 13.8. The van der Waals surface area contributed by atoms with Gasteiger partial charge in [-0.05, 0) is 19.3 Å². The van der Waals surface area contributed by atoms with Crippen molar-refractivity contribution in [3.63, 3.8) is 0 Å². The van der Waals surface area contributed by atoms with E-state index in [-0.39, 0.29) is 11.9 Å². The van der Waals surface area contributed by atoms with Crippen LogP contribution in [0.25, 0.3) is 0 Å². The number of aliphatic imine (C=N–C) groups is 1. The van der Waals surface area contributed by atoms with Crippen molar-refractivity contribution in [2.24, 2.45) is 22.2 Å². The van der Waals surface area contributed by atoms with Crippen molar-refractivity contribution in [1.82, 2.24) is 10.6 Å². The van der Waals surface area contributed by atoms with Gasteiger partial charge >= 0.3 is 0 Å². The van der Waals surface area contributed by atoms with E-state index in [9.17, 15) is 14.4 Å². The molecule has 0 saturated heterocycles. The molecule has 0 heterocycles. The van der Waals surface area contributed by atoms with Gasteiger partial charge in [0.2, 0.25) is 17.7 Å². The van der Waals surface area contributed by atoms with Gasteiger partial charge in [-0.1, -0.05) is 19.8 Å². The summed E-state index contributed by atoms with van der Waals surface area (Å²) in [6.07, 6.45) is 2.98. The SMILES string of the molecule is CCCC[C@H](NC(C)=O)C(=O)N[C@@H](CCCN=C(N)N)C(N)=O. The zero-order chi connectivity index (χ0) is 17.8. The van der Waals surface area contributed by atoms with Crippen LogP contribution in [0, 0.1) is 0 Å². The van der Waals surface area contributed by atoms with Crippen LogP contribution in [0.5, 0.6) is 0 Å². The topological polar surface area (TPSA) is 166 Å². The minimum absolute atomic E-state index is 0.0325. The summed E-state index contributed by atoms with van der Waals surface area (Å²) in [5.41, 5.74) is 15.7. The van der Waals surface area contributed by atoms with Gasteiger partial charge in [0.25, 0.3) is 0 Å². The first-order valence-electron chi connectivity index (χ1n) is 7.70. The van der Waals surface area contributed by atoms with E-state index in [4.69, 9.17) is 17.2 Å². The molecule has 0 bridgehead atoms. The number of nitrogens with one attached hydrogen (secondary N) is 2. The third kappa shape index (κ3) is 10.1. The van der Waals surface area contributed by atoms with Gasteiger partial charge in [0.15, 0.2) is 5.96 Å². The van der Waals surface area contributed by atoms with E-state index in [0.717, 1.165) is 12.8 Å². The maximum atomic E-state index is 12.2. The summed E-state index contributed by atoms with van der Waals surface area (Å²) in [5, 5.41) is 5.16. The third-order valence-corrected chi connectivity index (χ3v) is 3.15. The van der Waals surface area contributed by atoms with Gasteiger partial charge in [-0.3, -0.25) is 19.4 Å². The molecule has 9 nitrogen and oxygen atoms in total. The molecule has 0 aromatic rings. The minimum Gasteiger partial charge on any atom is -0.370 e. The molecule has 0 radical (unpaired) electrons. The third-order valence-electron chi connectivity index (χ3n) is 3.15. The summed E-state index contributed by atoms with van der Waals surface area (Å²) in [7, 11) is 0. The molecule has 8 N–H and O–H groups in total. The second kappa shape index (κ2) is 11.3. The number of rotatable bonds is 11. The largest absolute Gasteiger partial charge is 0.370 e. The van der Waals surface area contributed by atoms with Crippen molar-refractivity contribution in [1.29, 1.82) is 0 Å². The molecule has 0 aliphatic rings. The first-order valence-corrected chi connectivity index (χ1v) is 7.70. The molecule has 0 spiro atoms. The van der Waals surface area contributed by atoms with Gasteiger partial charge in [0.1, 0.15) is 12.1 Å². The van der Waals surface area contributed by atoms with E-state index < -0.39 is 23.9 Å². The summed E-state index contributed by atoms with van der Waals surface area (Å²) >= 11 is 0. The molecule has 0 aromatic heterocycles. The smallest absolute Gasteiger partial charge is 0.243 e. The van der Waals surface area contributed by atoms with E-state index >= 15 is 0 Å². The molecule has 3 amide bonds. The summed E-state index contributed by atoms with van der Waals surface area (Å²) in [6.45, 7) is 3.67. The molecule has 132 valence electrons. The van der Waals surface area contributed by atoms with Gasteiger partial charge in [-0.25, -0.2) is 0 Å². The van der Waals surface area contributed by atoms with Gasteiger partial charge in [0.05, 0.1) is 0 Å². The number of unbranched alkanes of at least 4 members (excludes halogenated alkanes) is 1. The number of amides is 3. The molecular formula is C14H28N6O3. The molecule has 0 unspecified atom stereocenters. The molecule has 2 atom stereocenters. The number of carbonyl (C=O) groups excluding carboxylic acids is 3. The number of carbonyl (C=O) groups is 3. The Morgan fingerprint density at radius 3 is 2.09 bits per heavy atom. The highest BCUT2D eigenvalue weighted by Gasteiger charge is 2.24. The average molecular weight is 328 g/mol. The summed E-state index contributed by atoms with van der Waals surface area (Å²) in [5.74, 6) is -1.39. The Kier molecular flexibility index (Phi) is 10.1. The Morgan fingerprint density at radius 1 is 1.00 bits per heavy atom. The quantitative estimate of drug-likeness (QED) is 0.180. The van der Waals surface area contributed by atoms with Crippen LogP contribution in [-0.2, 0) is 14.4 Å². The van der Waals surface area contributed by atoms with Gasteiger partial charge in [0, 0.05) is 13.5 Å². The number of primary amides is 1. The predicted octanol–water partition coefficient (Wildman–Crippen LogP) is -1.29. The van der Waals surface area contributed by atoms with E-state index in [0.29, 0.717) is 25.8 Å². The monoisotopic (exact) mass is 328 g/mol. The molecule has 9 heteroatoms. The van der Waals surface area contributed by atoms with Crippen LogP contribution in [0.4, 0.5) is 0 Å². The zero-order valence-corrected chi connectivity index (χ0v) is 13.8. The standard InChI is InChI=1S/C14H28N6O3/c1-3-4-6-11(19-9(2)21)13(23)20-10(12(15)22)7-5-8-18-14(16)17/h10-11H,3-8H2,1-2H3,(H2,15,22)(H,19,21)(H,20,23)(H4,16,17,18)/t10-,11-/m0/s1. The Bertz CT molecular complexity index is 434. The molecular weight excluding hydrogens is 300 g/mol. The molecule has 0 fully saturated rings. The highest BCUT2D eigenvalue weighted by Crippen LogP contribution is 2.04. The van der Waals surface area contributed by atoms with Crippen LogP contribution >= 0.6 is 0 Å². The average Bonchev–Trinajstić information content (AvgIpc) is 2.45. The lowest BCUT2D eigenvalue weighted by molar-refractivity contribution is -0.131. The number of hydrogen-bond donors (Lipinski definition) is 5. The van der Waals surface area contributed by atoms with E-state index in [1.54, 1.807) is 0 Å². The van der Waals surface area contributed by atoms with Crippen LogP contribution < -0.4 is 27.8 Å². The molecule has 0 aromatic carbocycles. The van der Waals surface area contributed by atoms with Crippen molar-refractivity contribution in [2.75, 3.05) is 6.54 Å². The molecule has 23 heavy (non-hydrogen) atoms. The summed E-state index contributed by atoms with van der Waals surface area (Å²) in [4.78, 5) is 38.7. The summed E-state index contributed by atoms with van der Waals surface area (Å²) in [6, 6.07) is -1.50. The van der Waals surface area contributed by atoms with Crippen LogP contribution in [0.2, 0.25) is 0 Å². The Labute approximate surface area is 136 Å². The second-order valence-corrected chi connectivity index (χ2v) is 5.31. The van der Waals surface area contributed by atoms with Crippen LogP contribution in [0.3, 0.4) is 0 Å². The van der Waals surface area contributed by atoms with E-state index in [1.165, 1.54) is 6.92 Å². The van der Waals surface area contributed by atoms with E-state index in [1.807, 2.05) is 6.92 Å². The highest BCUT2D eigenvalue weighted by molar-refractivity contribution is 5.91. The van der Waals surface area contributed by atoms with Crippen LogP contribution in [-0.4, -0.2) is 42.3 Å². The molecule has 0 rings (SSSR count). The lowest BCUT2D eigenvalue weighted by atomic mass is 10.1. The van der Waals surface area contributed by atoms with Crippen molar-refractivity contribution < 1.29 is 14.4 Å². The van der Waals surface area contributed by atoms with Crippen LogP contribution in [0.1, 0.15) is 46.0 Å². The fourth-order valence-electron chi connectivity index (χ4n) is 1.98. The fraction of sp³-hybridized carbons (Fsp3) is 0.714. The number of nitrogens with zero attached hydrogens (tertiary/aromatic N) is 1. The molecule has 0 saturated carbocycles. The van der Waals surface area contributed by atoms with Crippen LogP contribution in [0.15, 0.2) is 4.99 Å². The Morgan fingerprint density at radius 2 is 1.61 bits per heavy atom. The first kappa shape index (κ1) is 20.7. The number of hydrogen-bond acceptors (Lipinski definition) is 4. The fourth-order valence-corrected chi connectivity index (χ4v) is 1.98. The maximum absolute atomic E-state index is 12.2. The maximum Gasteiger partial charge on any atom is 0.243 e. The Hall–Kier alpha value is -2.32. The van der Waals surface area contributed by atoms with Gasteiger partial charge in [-0.15, -0.1) is 0 Å². The normalized spacial score (nSPS) is 12.8. The van der Waals surface area contributed by atoms with Gasteiger partial charge in [-0.2, -0.15) is 0 Å². The second-order valence-electron chi connectivity index (χ2n) is 5.31. The predicted molar refractivity (Wildman–Crippen MR) is 88.2 cm³/mol. The van der Waals surface area contributed by atoms with Crippen molar-refractivity contribution in [3.05, 3.63) is 0 Å². The minimum atomic E-state index is -0.824. The van der Waals surface area contributed by atoms with Crippen molar-refractivity contribution in [3.8, 4) is 0 Å². The lowest BCUT2D eigenvalue weighted by Gasteiger charge is -2.21. The Balaban J connectivity index is 4.62. The molecule has 0 aliphatic heterocycles. The molecule has 0 aliphatic carbocycles. The first-order chi connectivity index (χ1) is 10.8. The highest BCUT2D eigenvalue weighted by atomic mass is 16.2. The number of nitrogens with two attached hydrogens (primary N) is 3. The van der Waals surface area contributed by atoms with Crippen molar-refractivity contribution in [2.45, 2.75) is 58.0 Å². The lowest BCUT2D eigenvalue weighted by Crippen LogP contribution is -2.52. The van der Waals surface area contributed by atoms with Crippen molar-refractivity contribution >= 4 is 23.7 Å². The number of guanidine groups is 1. The van der Waals surface area contributed by atoms with Gasteiger partial charge < -0.3 is 27.8 Å².